The van der Waals surface area contributed by atoms with Gasteiger partial charge in [0.15, 0.2) is 0 Å². The molecule has 1 unspecified atom stereocenters. The predicted molar refractivity (Wildman–Crippen MR) is 51.5 cm³/mol. The van der Waals surface area contributed by atoms with Gasteiger partial charge in [-0.2, -0.15) is 0 Å². The van der Waals surface area contributed by atoms with Gasteiger partial charge in [0.2, 0.25) is 0 Å². The number of rotatable bonds is 2. The summed E-state index contributed by atoms with van der Waals surface area (Å²) in [7, 11) is 0. The molecule has 0 aliphatic carbocycles. The normalized spacial score (nSPS) is 12.2. The van der Waals surface area contributed by atoms with Crippen molar-refractivity contribution in [3.63, 3.8) is 0 Å². The monoisotopic (exact) mass is 216 g/mol. The van der Waals surface area contributed by atoms with E-state index in [0.29, 0.717) is 5.56 Å². The van der Waals surface area contributed by atoms with Crippen molar-refractivity contribution in [2.45, 2.75) is 13.0 Å². The number of hydrogen-bond acceptors (Lipinski definition) is 3. The fraction of sp³-hybridized carbons (Fsp3) is 0.250. The van der Waals surface area contributed by atoms with Crippen LogP contribution >= 0.6 is 11.6 Å². The Labute approximate surface area is 85.3 Å². The number of halogens is 1. The number of aliphatic hydroxyl groups excluding tert-OH is 1. The van der Waals surface area contributed by atoms with Gasteiger partial charge in [0, 0.05) is 5.56 Å². The van der Waals surface area contributed by atoms with Crippen molar-refractivity contribution in [1.29, 1.82) is 0 Å². The van der Waals surface area contributed by atoms with E-state index in [2.05, 4.69) is 10.3 Å². The van der Waals surface area contributed by atoms with Crippen molar-refractivity contribution in [3.8, 4) is 0 Å². The highest BCUT2D eigenvalue weighted by Crippen LogP contribution is 2.24. The first-order valence-corrected chi connectivity index (χ1v) is 4.22. The molecule has 6 heteroatoms. The van der Waals surface area contributed by atoms with Crippen LogP contribution < -0.4 is 5.32 Å². The maximum Gasteiger partial charge on any atom is 0.409 e. The molecule has 3 N–H and O–H groups in total. The number of hydrogen-bond donors (Lipinski definition) is 3. The van der Waals surface area contributed by atoms with Crippen molar-refractivity contribution in [3.05, 3.63) is 23.0 Å². The van der Waals surface area contributed by atoms with Gasteiger partial charge in [-0.1, -0.05) is 11.6 Å². The first kappa shape index (κ1) is 10.7. The molecule has 0 saturated carbocycles. The van der Waals surface area contributed by atoms with Crippen LogP contribution in [0, 0.1) is 0 Å². The number of amides is 1. The van der Waals surface area contributed by atoms with Crippen LogP contribution in [0.25, 0.3) is 0 Å². The molecule has 1 heterocycles. The Morgan fingerprint density at radius 1 is 1.71 bits per heavy atom. The van der Waals surface area contributed by atoms with Crippen LogP contribution in [0.4, 0.5) is 10.5 Å². The summed E-state index contributed by atoms with van der Waals surface area (Å²) in [6.07, 6.45) is -0.758. The summed E-state index contributed by atoms with van der Waals surface area (Å²) in [5.74, 6) is 0. The zero-order valence-electron chi connectivity index (χ0n) is 7.36. The Bertz CT molecular complexity index is 354. The summed E-state index contributed by atoms with van der Waals surface area (Å²) in [5, 5.41) is 20.1. The van der Waals surface area contributed by atoms with E-state index in [9.17, 15) is 9.90 Å². The third kappa shape index (κ3) is 2.58. The fourth-order valence-corrected chi connectivity index (χ4v) is 1.18. The second kappa shape index (κ2) is 4.26. The van der Waals surface area contributed by atoms with Gasteiger partial charge >= 0.3 is 6.09 Å². The zero-order chi connectivity index (χ0) is 10.7. The van der Waals surface area contributed by atoms with Crippen molar-refractivity contribution in [2.75, 3.05) is 5.32 Å². The average molecular weight is 217 g/mol. The minimum atomic E-state index is -1.21. The first-order valence-electron chi connectivity index (χ1n) is 3.84. The van der Waals surface area contributed by atoms with Gasteiger partial charge in [-0.3, -0.25) is 5.32 Å². The molecule has 0 aliphatic rings. The molecule has 1 atom stereocenters. The summed E-state index contributed by atoms with van der Waals surface area (Å²) in [6, 6.07) is 1.41. The van der Waals surface area contributed by atoms with Crippen molar-refractivity contribution < 1.29 is 15.0 Å². The minimum absolute atomic E-state index is 0.205. The molecular weight excluding hydrogens is 208 g/mol. The Morgan fingerprint density at radius 3 is 2.86 bits per heavy atom. The number of carbonyl (C=O) groups is 1. The van der Waals surface area contributed by atoms with Crippen LogP contribution in [0.1, 0.15) is 18.6 Å². The highest BCUT2D eigenvalue weighted by atomic mass is 35.5. The molecule has 0 spiro atoms. The van der Waals surface area contributed by atoms with E-state index in [-0.39, 0.29) is 10.8 Å². The van der Waals surface area contributed by atoms with E-state index in [1.165, 1.54) is 19.2 Å². The van der Waals surface area contributed by atoms with E-state index in [1.54, 1.807) is 0 Å². The Balaban J connectivity index is 3.08. The molecule has 5 nitrogen and oxygen atoms in total. The molecule has 1 aromatic rings. The van der Waals surface area contributed by atoms with E-state index in [1.807, 2.05) is 0 Å². The molecule has 0 aliphatic heterocycles. The van der Waals surface area contributed by atoms with Crippen LogP contribution in [-0.4, -0.2) is 21.3 Å². The lowest BCUT2D eigenvalue weighted by atomic mass is 10.1. The second-order valence-electron chi connectivity index (χ2n) is 2.70. The topological polar surface area (TPSA) is 82.5 Å². The Morgan fingerprint density at radius 2 is 2.36 bits per heavy atom. The largest absolute Gasteiger partial charge is 0.465 e. The summed E-state index contributed by atoms with van der Waals surface area (Å²) < 4.78 is 0. The summed E-state index contributed by atoms with van der Waals surface area (Å²) in [6.45, 7) is 1.51. The average Bonchev–Trinajstić information content (AvgIpc) is 2.07. The molecule has 1 rings (SSSR count). The van der Waals surface area contributed by atoms with Gasteiger partial charge in [-0.25, -0.2) is 9.78 Å². The van der Waals surface area contributed by atoms with Gasteiger partial charge in [0.1, 0.15) is 5.15 Å². The molecule has 0 fully saturated rings. The molecule has 14 heavy (non-hydrogen) atoms. The van der Waals surface area contributed by atoms with Crippen LogP contribution in [-0.2, 0) is 0 Å². The molecule has 0 radical (unpaired) electrons. The third-order valence-corrected chi connectivity index (χ3v) is 1.80. The highest BCUT2D eigenvalue weighted by molar-refractivity contribution is 6.29. The van der Waals surface area contributed by atoms with E-state index < -0.39 is 12.2 Å². The number of nitrogens with zero attached hydrogens (tertiary/aromatic N) is 1. The molecule has 76 valence electrons. The molecule has 0 saturated heterocycles. The Hall–Kier alpha value is -1.33. The quantitative estimate of drug-likeness (QED) is 0.660. The van der Waals surface area contributed by atoms with Gasteiger partial charge in [-0.05, 0) is 13.0 Å². The number of aromatic nitrogens is 1. The van der Waals surface area contributed by atoms with Gasteiger partial charge < -0.3 is 10.2 Å². The number of pyridine rings is 1. The maximum atomic E-state index is 10.4. The standard InChI is InChI=1S/C8H9ClN2O3/c1-4(12)5-2-7(9)10-3-6(5)11-8(13)14/h2-4,11-12H,1H3,(H,13,14). The summed E-state index contributed by atoms with van der Waals surface area (Å²) >= 11 is 5.60. The third-order valence-electron chi connectivity index (χ3n) is 1.59. The maximum absolute atomic E-state index is 10.4. The van der Waals surface area contributed by atoms with Gasteiger partial charge in [-0.15, -0.1) is 0 Å². The van der Waals surface area contributed by atoms with E-state index in [0.717, 1.165) is 0 Å². The second-order valence-corrected chi connectivity index (χ2v) is 3.09. The number of nitrogens with one attached hydrogen (secondary N) is 1. The van der Waals surface area contributed by atoms with Crippen LogP contribution in [0.3, 0.4) is 0 Å². The van der Waals surface area contributed by atoms with E-state index >= 15 is 0 Å². The molecular formula is C8H9ClN2O3. The molecule has 1 amide bonds. The lowest BCUT2D eigenvalue weighted by molar-refractivity contribution is 0.199. The van der Waals surface area contributed by atoms with Gasteiger partial charge in [0.05, 0.1) is 18.0 Å². The van der Waals surface area contributed by atoms with Crippen molar-refractivity contribution >= 4 is 23.4 Å². The minimum Gasteiger partial charge on any atom is -0.465 e. The summed E-state index contributed by atoms with van der Waals surface area (Å²) in [5.41, 5.74) is 0.629. The predicted octanol–water partition coefficient (Wildman–Crippen LogP) is 1.88. The van der Waals surface area contributed by atoms with Crippen LogP contribution in [0.2, 0.25) is 5.15 Å². The Kier molecular flexibility index (Phi) is 3.27. The SMILES string of the molecule is CC(O)c1cc(Cl)ncc1NC(=O)O. The number of anilines is 1. The first-order chi connectivity index (χ1) is 6.50. The number of carboxylic acid groups (broad SMARTS) is 1. The zero-order valence-corrected chi connectivity index (χ0v) is 8.12. The van der Waals surface area contributed by atoms with Crippen LogP contribution in [0.15, 0.2) is 12.3 Å². The highest BCUT2D eigenvalue weighted by Gasteiger charge is 2.11. The molecule has 1 aromatic heterocycles. The number of aliphatic hydroxyl groups is 1. The smallest absolute Gasteiger partial charge is 0.409 e. The fourth-order valence-electron chi connectivity index (χ4n) is 1.01. The molecule has 0 bridgehead atoms. The molecule has 0 aromatic carbocycles. The van der Waals surface area contributed by atoms with Crippen molar-refractivity contribution in [2.24, 2.45) is 0 Å². The summed E-state index contributed by atoms with van der Waals surface area (Å²) in [4.78, 5) is 14.1. The van der Waals surface area contributed by atoms with E-state index in [4.69, 9.17) is 16.7 Å². The van der Waals surface area contributed by atoms with Crippen LogP contribution in [0.5, 0.6) is 0 Å². The van der Waals surface area contributed by atoms with Crippen molar-refractivity contribution in [1.82, 2.24) is 4.98 Å². The lowest BCUT2D eigenvalue weighted by Gasteiger charge is -2.10. The lowest BCUT2D eigenvalue weighted by Crippen LogP contribution is -2.10. The van der Waals surface area contributed by atoms with Gasteiger partial charge in [0.25, 0.3) is 0 Å².